The minimum Gasteiger partial charge on any atom is -0.756 e. The van der Waals surface area contributed by atoms with Gasteiger partial charge in [0.2, 0.25) is 0 Å². The van der Waals surface area contributed by atoms with Gasteiger partial charge in [0.05, 0.1) is 33.9 Å². The van der Waals surface area contributed by atoms with Crippen molar-refractivity contribution in [2.24, 2.45) is 0 Å². The Morgan fingerprint density at radius 3 is 1.87 bits per heavy atom. The summed E-state index contributed by atoms with van der Waals surface area (Å²) >= 11 is 0. The van der Waals surface area contributed by atoms with Gasteiger partial charge in [0, 0.05) is 12.8 Å². The molecule has 0 fully saturated rings. The molecule has 0 aromatic rings. The number of esters is 2. The van der Waals surface area contributed by atoms with Crippen molar-refractivity contribution in [3.63, 3.8) is 0 Å². The van der Waals surface area contributed by atoms with E-state index < -0.39 is 38.6 Å². The zero-order chi connectivity index (χ0) is 40.9. The number of carbonyl (C=O) groups excluding carboxylic acids is 2. The van der Waals surface area contributed by atoms with Gasteiger partial charge in [-0.25, -0.2) is 0 Å². The monoisotopic (exact) mass is 798 g/mol. The van der Waals surface area contributed by atoms with Gasteiger partial charge in [-0.1, -0.05) is 152 Å². The van der Waals surface area contributed by atoms with Crippen LogP contribution in [0.3, 0.4) is 0 Å². The molecule has 1 unspecified atom stereocenters. The summed E-state index contributed by atoms with van der Waals surface area (Å²) in [6.45, 7) is 4.03. The molecule has 0 aliphatic carbocycles. The Balaban J connectivity index is 4.53. The van der Waals surface area contributed by atoms with E-state index in [9.17, 15) is 24.2 Å². The number of quaternary nitrogens is 1. The van der Waals surface area contributed by atoms with Crippen LogP contribution in [0.4, 0.5) is 0 Å². The summed E-state index contributed by atoms with van der Waals surface area (Å²) in [6, 6.07) is 0. The van der Waals surface area contributed by atoms with Crippen LogP contribution in [0.2, 0.25) is 0 Å². The first-order chi connectivity index (χ1) is 26.4. The smallest absolute Gasteiger partial charge is 0.306 e. The molecular formula is C44H80NO9P. The summed E-state index contributed by atoms with van der Waals surface area (Å²) in [6.07, 6.45) is 37.4. The maximum Gasteiger partial charge on any atom is 0.306 e. The fourth-order valence-corrected chi connectivity index (χ4v) is 6.22. The van der Waals surface area contributed by atoms with Crippen LogP contribution >= 0.6 is 7.82 Å². The molecule has 55 heavy (non-hydrogen) atoms. The maximum absolute atomic E-state index is 12.6. The Morgan fingerprint density at radius 2 is 1.24 bits per heavy atom. The molecule has 0 rings (SSSR count). The topological polar surface area (TPSA) is 131 Å². The van der Waals surface area contributed by atoms with Gasteiger partial charge in [-0.3, -0.25) is 14.2 Å². The first-order valence-electron chi connectivity index (χ1n) is 21.5. The molecular weight excluding hydrogens is 717 g/mol. The molecule has 0 heterocycles. The highest BCUT2D eigenvalue weighted by Gasteiger charge is 2.21. The van der Waals surface area contributed by atoms with Crippen LogP contribution in [0.1, 0.15) is 162 Å². The normalized spacial score (nSPS) is 14.7. The Morgan fingerprint density at radius 1 is 0.673 bits per heavy atom. The molecule has 0 aromatic heterocycles. The Hall–Kier alpha value is -2.07. The number of likely N-dealkylation sites (N-methyl/N-ethyl adjacent to an activating group) is 1. The number of hydrogen-bond donors (Lipinski definition) is 1. The van der Waals surface area contributed by atoms with Crippen molar-refractivity contribution in [2.75, 3.05) is 47.5 Å². The minimum atomic E-state index is -4.65. The van der Waals surface area contributed by atoms with E-state index in [4.69, 9.17) is 18.5 Å². The number of phosphoric ester groups is 1. The highest BCUT2D eigenvalue weighted by Crippen LogP contribution is 2.38. The third kappa shape index (κ3) is 39.9. The number of rotatable bonds is 38. The molecule has 0 saturated heterocycles. The number of aliphatic hydroxyl groups excluding tert-OH is 1. The van der Waals surface area contributed by atoms with Gasteiger partial charge < -0.3 is 33.0 Å². The second-order valence-corrected chi connectivity index (χ2v) is 17.0. The summed E-state index contributed by atoms with van der Waals surface area (Å²) < 4.78 is 33.7. The molecule has 320 valence electrons. The van der Waals surface area contributed by atoms with Crippen molar-refractivity contribution in [2.45, 2.75) is 174 Å². The van der Waals surface area contributed by atoms with Crippen LogP contribution in [0.25, 0.3) is 0 Å². The van der Waals surface area contributed by atoms with E-state index in [-0.39, 0.29) is 26.1 Å². The highest BCUT2D eigenvalue weighted by molar-refractivity contribution is 7.45. The third-order valence-electron chi connectivity index (χ3n) is 8.93. The zero-order valence-corrected chi connectivity index (χ0v) is 36.4. The predicted octanol–water partition coefficient (Wildman–Crippen LogP) is 10.2. The number of aliphatic hydroxyl groups is 1. The highest BCUT2D eigenvalue weighted by atomic mass is 31.2. The summed E-state index contributed by atoms with van der Waals surface area (Å²) in [4.78, 5) is 37.4. The molecule has 1 N–H and O–H groups in total. The van der Waals surface area contributed by atoms with Gasteiger partial charge in [-0.05, 0) is 44.9 Å². The van der Waals surface area contributed by atoms with Crippen LogP contribution < -0.4 is 4.89 Å². The molecule has 0 aliphatic rings. The largest absolute Gasteiger partial charge is 0.756 e. The SMILES string of the molecule is CCCCC/C=C\C[C@@H](O)/C=C/C=C\C/C=C\CCCC(=O)OC[C@H](COP(=O)([O-])OCC[N+](C)(C)C)OC(=O)CCCCCCCCCCCCCCC. The molecule has 0 radical (unpaired) electrons. The number of hydrogen-bond acceptors (Lipinski definition) is 9. The van der Waals surface area contributed by atoms with Crippen molar-refractivity contribution >= 4 is 19.8 Å². The lowest BCUT2D eigenvalue weighted by Crippen LogP contribution is -2.37. The van der Waals surface area contributed by atoms with Crippen LogP contribution in [-0.2, 0) is 32.7 Å². The van der Waals surface area contributed by atoms with Gasteiger partial charge in [-0.15, -0.1) is 0 Å². The van der Waals surface area contributed by atoms with Gasteiger partial charge >= 0.3 is 11.9 Å². The predicted molar refractivity (Wildman–Crippen MR) is 223 cm³/mol. The van der Waals surface area contributed by atoms with E-state index in [1.807, 2.05) is 57.6 Å². The number of unbranched alkanes of at least 4 members (excludes halogenated alkanes) is 16. The van der Waals surface area contributed by atoms with Gasteiger partial charge in [0.25, 0.3) is 7.82 Å². The van der Waals surface area contributed by atoms with Crippen molar-refractivity contribution in [1.29, 1.82) is 0 Å². The molecule has 0 spiro atoms. The second-order valence-electron chi connectivity index (χ2n) is 15.6. The fraction of sp³-hybridized carbons (Fsp3) is 0.773. The van der Waals surface area contributed by atoms with Crippen molar-refractivity contribution in [1.82, 2.24) is 0 Å². The molecule has 0 amide bonds. The molecule has 0 aliphatic heterocycles. The van der Waals surface area contributed by atoms with Crippen LogP contribution in [-0.4, -0.2) is 81.2 Å². The summed E-state index contributed by atoms with van der Waals surface area (Å²) in [7, 11) is 1.10. The van der Waals surface area contributed by atoms with Gasteiger partial charge in [0.15, 0.2) is 6.10 Å². The number of phosphoric acid groups is 1. The number of carbonyl (C=O) groups is 2. The molecule has 0 saturated carbocycles. The van der Waals surface area contributed by atoms with Crippen LogP contribution in [0.5, 0.6) is 0 Å². The van der Waals surface area contributed by atoms with E-state index in [1.54, 1.807) is 6.08 Å². The standard InChI is InChI=1S/C44H80NO9P/c1-6-8-10-12-14-15-16-17-18-19-24-28-32-36-44(48)54-42(40-53-55(49,50)52-38-37-45(3,4)5)39-51-43(47)35-31-27-23-21-20-22-26-30-34-41(46)33-29-25-13-11-9-7-2/h21-23,25-26,29-30,34,41-42,46H,6-20,24,27-28,31-33,35-40H2,1-5H3/b23-21-,26-22-,29-25-,34-30+/t41-,42-/m1/s1. The number of allylic oxidation sites excluding steroid dienone is 6. The lowest BCUT2D eigenvalue weighted by atomic mass is 10.0. The quantitative estimate of drug-likeness (QED) is 0.0162. The van der Waals surface area contributed by atoms with E-state index in [1.165, 1.54) is 77.0 Å². The lowest BCUT2D eigenvalue weighted by molar-refractivity contribution is -0.870. The third-order valence-corrected chi connectivity index (χ3v) is 9.90. The van der Waals surface area contributed by atoms with Gasteiger partial charge in [-0.2, -0.15) is 0 Å². The van der Waals surface area contributed by atoms with Crippen molar-refractivity contribution < 1.29 is 47.2 Å². The number of ether oxygens (including phenoxy) is 2. The van der Waals surface area contributed by atoms with Crippen molar-refractivity contribution in [3.05, 3.63) is 48.6 Å². The fourth-order valence-electron chi connectivity index (χ4n) is 5.50. The average Bonchev–Trinajstić information content (AvgIpc) is 3.13. The molecule has 0 bridgehead atoms. The molecule has 11 heteroatoms. The van der Waals surface area contributed by atoms with Crippen LogP contribution in [0, 0.1) is 0 Å². The first kappa shape index (κ1) is 52.9. The summed E-state index contributed by atoms with van der Waals surface area (Å²) in [5.41, 5.74) is 0. The summed E-state index contributed by atoms with van der Waals surface area (Å²) in [5.74, 6) is -0.939. The van der Waals surface area contributed by atoms with E-state index in [2.05, 4.69) is 19.9 Å². The minimum absolute atomic E-state index is 0.0496. The second kappa shape index (κ2) is 36.3. The Kier molecular flexibility index (Phi) is 34.9. The Bertz CT molecular complexity index is 1100. The van der Waals surface area contributed by atoms with E-state index >= 15 is 0 Å². The van der Waals surface area contributed by atoms with E-state index in [0.29, 0.717) is 36.7 Å². The maximum atomic E-state index is 12.6. The number of nitrogens with zero attached hydrogens (tertiary/aromatic N) is 1. The first-order valence-corrected chi connectivity index (χ1v) is 22.9. The molecule has 3 atom stereocenters. The summed E-state index contributed by atoms with van der Waals surface area (Å²) in [5, 5.41) is 10.0. The molecule has 10 nitrogen and oxygen atoms in total. The van der Waals surface area contributed by atoms with Crippen LogP contribution in [0.15, 0.2) is 48.6 Å². The van der Waals surface area contributed by atoms with Gasteiger partial charge in [0.1, 0.15) is 19.8 Å². The Labute approximate surface area is 336 Å². The zero-order valence-electron chi connectivity index (χ0n) is 35.5. The lowest BCUT2D eigenvalue weighted by Gasteiger charge is -2.28. The van der Waals surface area contributed by atoms with Crippen molar-refractivity contribution in [3.8, 4) is 0 Å². The average molecular weight is 798 g/mol. The van der Waals surface area contributed by atoms with E-state index in [0.717, 1.165) is 32.1 Å². The molecule has 0 aromatic carbocycles.